The Morgan fingerprint density at radius 2 is 2.33 bits per heavy atom. The number of aromatic nitrogens is 1. The Bertz CT molecular complexity index is 222. The maximum absolute atomic E-state index is 5.56. The van der Waals surface area contributed by atoms with Crippen molar-refractivity contribution in [1.29, 1.82) is 0 Å². The van der Waals surface area contributed by atoms with E-state index in [4.69, 9.17) is 5.73 Å². The lowest BCUT2D eigenvalue weighted by Crippen LogP contribution is -2.13. The van der Waals surface area contributed by atoms with Gasteiger partial charge in [-0.2, -0.15) is 0 Å². The quantitative estimate of drug-likeness (QED) is 0.456. The number of hydrogen-bond acceptors (Lipinski definition) is 2. The second kappa shape index (κ2) is 2.09. The molecule has 0 amide bonds. The minimum atomic E-state index is 0.773. The van der Waals surface area contributed by atoms with Gasteiger partial charge in [0.1, 0.15) is 0 Å². The standard InChI is InChI=1S/C6H9BN2/c1-4-2-5(8)6(7)9-3-4/h2-3H,7-8H2,1H3. The van der Waals surface area contributed by atoms with E-state index in [0.717, 1.165) is 16.8 Å². The molecule has 1 rings (SSSR count). The van der Waals surface area contributed by atoms with Crippen LogP contribution in [-0.2, 0) is 0 Å². The molecule has 0 aliphatic rings. The highest BCUT2D eigenvalue weighted by Crippen LogP contribution is 1.97. The van der Waals surface area contributed by atoms with E-state index in [9.17, 15) is 0 Å². The zero-order valence-electron chi connectivity index (χ0n) is 5.68. The van der Waals surface area contributed by atoms with Gasteiger partial charge in [-0.1, -0.05) is 0 Å². The van der Waals surface area contributed by atoms with E-state index in [1.54, 1.807) is 0 Å². The fourth-order valence-electron chi connectivity index (χ4n) is 0.660. The molecule has 46 valence electrons. The zero-order valence-corrected chi connectivity index (χ0v) is 5.68. The van der Waals surface area contributed by atoms with Crippen LogP contribution in [0.1, 0.15) is 5.56 Å². The normalized spacial score (nSPS) is 9.44. The molecule has 0 atom stereocenters. The van der Waals surface area contributed by atoms with Gasteiger partial charge in [0.05, 0.1) is 0 Å². The maximum Gasteiger partial charge on any atom is 0.166 e. The topological polar surface area (TPSA) is 38.9 Å². The van der Waals surface area contributed by atoms with Crippen LogP contribution in [0.2, 0.25) is 0 Å². The van der Waals surface area contributed by atoms with E-state index >= 15 is 0 Å². The number of nitrogen functional groups attached to an aromatic ring is 1. The summed E-state index contributed by atoms with van der Waals surface area (Å²) >= 11 is 0. The summed E-state index contributed by atoms with van der Waals surface area (Å²) in [4.78, 5) is 4.05. The number of hydrogen-bond donors (Lipinski definition) is 1. The van der Waals surface area contributed by atoms with Crippen molar-refractivity contribution in [3.63, 3.8) is 0 Å². The molecule has 2 nitrogen and oxygen atoms in total. The molecular weight excluding hydrogens is 111 g/mol. The Hall–Kier alpha value is -0.985. The van der Waals surface area contributed by atoms with Gasteiger partial charge in [-0.05, 0) is 18.6 Å². The van der Waals surface area contributed by atoms with E-state index in [-0.39, 0.29) is 0 Å². The van der Waals surface area contributed by atoms with Gasteiger partial charge in [-0.15, -0.1) is 0 Å². The summed E-state index contributed by atoms with van der Waals surface area (Å²) in [5.74, 6) is 0. The highest BCUT2D eigenvalue weighted by atomic mass is 14.7. The van der Waals surface area contributed by atoms with Crippen molar-refractivity contribution in [3.05, 3.63) is 17.8 Å². The summed E-state index contributed by atoms with van der Waals surface area (Å²) in [6.07, 6.45) is 1.81. The molecule has 0 saturated carbocycles. The lowest BCUT2D eigenvalue weighted by Gasteiger charge is -1.97. The van der Waals surface area contributed by atoms with E-state index in [2.05, 4.69) is 4.98 Å². The molecule has 0 spiro atoms. The van der Waals surface area contributed by atoms with E-state index in [0.29, 0.717) is 0 Å². The molecule has 0 bridgehead atoms. The predicted octanol–water partition coefficient (Wildman–Crippen LogP) is -0.769. The van der Waals surface area contributed by atoms with E-state index in [1.807, 2.05) is 27.0 Å². The zero-order chi connectivity index (χ0) is 6.85. The van der Waals surface area contributed by atoms with Gasteiger partial charge in [-0.25, -0.2) is 0 Å². The summed E-state index contributed by atoms with van der Waals surface area (Å²) in [5.41, 5.74) is 8.34. The molecule has 0 aliphatic carbocycles. The fourth-order valence-corrected chi connectivity index (χ4v) is 0.660. The van der Waals surface area contributed by atoms with Crippen LogP contribution in [0.5, 0.6) is 0 Å². The summed E-state index contributed by atoms with van der Waals surface area (Å²) in [6.45, 7) is 1.98. The van der Waals surface area contributed by atoms with Crippen LogP contribution >= 0.6 is 0 Å². The lowest BCUT2D eigenvalue weighted by atomic mass is 10.0. The van der Waals surface area contributed by atoms with Gasteiger partial charge in [0, 0.05) is 17.5 Å². The lowest BCUT2D eigenvalue weighted by molar-refractivity contribution is 1.31. The first kappa shape index (κ1) is 6.14. The van der Waals surface area contributed by atoms with Crippen LogP contribution in [-0.4, -0.2) is 12.8 Å². The van der Waals surface area contributed by atoms with Gasteiger partial charge in [0.25, 0.3) is 0 Å². The largest absolute Gasteiger partial charge is 0.398 e. The van der Waals surface area contributed by atoms with E-state index < -0.39 is 0 Å². The molecule has 1 aromatic heterocycles. The van der Waals surface area contributed by atoms with Crippen LogP contribution in [0.3, 0.4) is 0 Å². The Kier molecular flexibility index (Phi) is 1.43. The second-order valence-electron chi connectivity index (χ2n) is 2.19. The van der Waals surface area contributed by atoms with Crippen molar-refractivity contribution in [3.8, 4) is 0 Å². The number of rotatable bonds is 0. The summed E-state index contributed by atoms with van der Waals surface area (Å²) in [7, 11) is 1.90. The third-order valence-corrected chi connectivity index (χ3v) is 1.26. The minimum Gasteiger partial charge on any atom is -0.398 e. The molecule has 0 saturated heterocycles. The molecular formula is C6H9BN2. The maximum atomic E-state index is 5.56. The first-order chi connectivity index (χ1) is 4.20. The number of anilines is 1. The first-order valence-corrected chi connectivity index (χ1v) is 2.89. The van der Waals surface area contributed by atoms with Crippen molar-refractivity contribution >= 4 is 19.1 Å². The molecule has 0 fully saturated rings. The minimum absolute atomic E-state index is 0.773. The summed E-state index contributed by atoms with van der Waals surface area (Å²) < 4.78 is 0. The highest BCUT2D eigenvalue weighted by molar-refractivity contribution is 6.33. The number of pyridine rings is 1. The van der Waals surface area contributed by atoms with Gasteiger partial charge in [0.15, 0.2) is 7.85 Å². The monoisotopic (exact) mass is 120 g/mol. The molecule has 1 aromatic rings. The Labute approximate surface area is 55.5 Å². The molecule has 0 radical (unpaired) electrons. The van der Waals surface area contributed by atoms with Crippen LogP contribution in [0.15, 0.2) is 12.3 Å². The van der Waals surface area contributed by atoms with Gasteiger partial charge in [0.2, 0.25) is 0 Å². The fraction of sp³-hybridized carbons (Fsp3) is 0.167. The molecule has 0 aromatic carbocycles. The Morgan fingerprint density at radius 3 is 2.78 bits per heavy atom. The van der Waals surface area contributed by atoms with Crippen molar-refractivity contribution < 1.29 is 0 Å². The van der Waals surface area contributed by atoms with Crippen molar-refractivity contribution in [1.82, 2.24) is 4.98 Å². The summed E-state index contributed by atoms with van der Waals surface area (Å²) in [6, 6.07) is 1.92. The second-order valence-corrected chi connectivity index (χ2v) is 2.19. The van der Waals surface area contributed by atoms with Crippen LogP contribution in [0.4, 0.5) is 5.69 Å². The van der Waals surface area contributed by atoms with Crippen molar-refractivity contribution in [2.24, 2.45) is 0 Å². The van der Waals surface area contributed by atoms with Crippen LogP contribution < -0.4 is 11.3 Å². The molecule has 0 unspecified atom stereocenters. The number of nitrogens with two attached hydrogens (primary N) is 1. The van der Waals surface area contributed by atoms with Crippen LogP contribution in [0.25, 0.3) is 0 Å². The average Bonchev–Trinajstić information content (AvgIpc) is 1.80. The van der Waals surface area contributed by atoms with Gasteiger partial charge < -0.3 is 5.73 Å². The Morgan fingerprint density at radius 1 is 1.67 bits per heavy atom. The highest BCUT2D eigenvalue weighted by Gasteiger charge is 1.91. The molecule has 1 heterocycles. The molecule has 0 aliphatic heterocycles. The van der Waals surface area contributed by atoms with Gasteiger partial charge in [-0.3, -0.25) is 4.98 Å². The van der Waals surface area contributed by atoms with Crippen LogP contribution in [0, 0.1) is 6.92 Å². The molecule has 3 heteroatoms. The number of aryl methyl sites for hydroxylation is 1. The average molecular weight is 120 g/mol. The predicted molar refractivity (Wildman–Crippen MR) is 41.6 cm³/mol. The third kappa shape index (κ3) is 1.22. The smallest absolute Gasteiger partial charge is 0.166 e. The first-order valence-electron chi connectivity index (χ1n) is 2.89. The SMILES string of the molecule is Bc1ncc(C)cc1N. The van der Waals surface area contributed by atoms with E-state index in [1.165, 1.54) is 0 Å². The molecule has 2 N–H and O–H groups in total. The molecule has 9 heavy (non-hydrogen) atoms. The third-order valence-electron chi connectivity index (χ3n) is 1.26. The van der Waals surface area contributed by atoms with Crippen molar-refractivity contribution in [2.45, 2.75) is 6.92 Å². The summed E-state index contributed by atoms with van der Waals surface area (Å²) in [5, 5.41) is 0. The van der Waals surface area contributed by atoms with Crippen molar-refractivity contribution in [2.75, 3.05) is 5.73 Å². The number of nitrogens with zero attached hydrogens (tertiary/aromatic N) is 1. The Balaban J connectivity index is 3.17. The van der Waals surface area contributed by atoms with Gasteiger partial charge >= 0.3 is 0 Å².